The summed E-state index contributed by atoms with van der Waals surface area (Å²) in [7, 11) is 0. The molecule has 1 fully saturated rings. The predicted octanol–water partition coefficient (Wildman–Crippen LogP) is 8.18. The fourth-order valence-corrected chi connectivity index (χ4v) is 6.82. The van der Waals surface area contributed by atoms with Gasteiger partial charge in [-0.05, 0) is 90.5 Å². The van der Waals surface area contributed by atoms with Gasteiger partial charge in [0.1, 0.15) is 23.9 Å². The molecule has 2 aliphatic rings. The zero-order chi connectivity index (χ0) is 31.3. The third-order valence-corrected chi connectivity index (χ3v) is 9.38. The molecule has 8 heteroatoms. The van der Waals surface area contributed by atoms with Crippen LogP contribution in [0.2, 0.25) is 0 Å². The average Bonchev–Trinajstić information content (AvgIpc) is 3.69. The van der Waals surface area contributed by atoms with Crippen molar-refractivity contribution in [2.45, 2.75) is 25.9 Å². The molecule has 0 saturated carbocycles. The summed E-state index contributed by atoms with van der Waals surface area (Å²) in [5.74, 6) is 0.808. The van der Waals surface area contributed by atoms with Gasteiger partial charge in [-0.1, -0.05) is 72.8 Å². The van der Waals surface area contributed by atoms with E-state index in [0.29, 0.717) is 23.2 Å². The molecular formula is C38H33FN4O2S. The van der Waals surface area contributed by atoms with E-state index in [-0.39, 0.29) is 11.7 Å². The van der Waals surface area contributed by atoms with Crippen LogP contribution < -0.4 is 4.74 Å². The minimum Gasteiger partial charge on any atom is -0.489 e. The molecule has 1 saturated heterocycles. The lowest BCUT2D eigenvalue weighted by molar-refractivity contribution is -0.113. The number of piperidine rings is 1. The minimum atomic E-state index is -0.277. The number of likely N-dealkylation sites (tertiary alicyclic amines) is 1. The molecular weight excluding hydrogens is 596 g/mol. The van der Waals surface area contributed by atoms with Crippen LogP contribution in [0.4, 0.5) is 4.39 Å². The third-order valence-electron chi connectivity index (χ3n) is 8.34. The lowest BCUT2D eigenvalue weighted by atomic mass is 9.90. The maximum Gasteiger partial charge on any atom is 0.286 e. The molecule has 0 radical (unpaired) electrons. The maximum atomic E-state index is 13.3. The summed E-state index contributed by atoms with van der Waals surface area (Å²) in [5.41, 5.74) is 5.57. The average molecular weight is 629 g/mol. The highest BCUT2D eigenvalue weighted by molar-refractivity contribution is 8.18. The van der Waals surface area contributed by atoms with Gasteiger partial charge < -0.3 is 9.64 Å². The van der Waals surface area contributed by atoms with Gasteiger partial charge in [-0.15, -0.1) is 0 Å². The number of hydrogen-bond acceptors (Lipinski definition) is 5. The molecule has 230 valence electrons. The first-order chi connectivity index (χ1) is 22.6. The summed E-state index contributed by atoms with van der Waals surface area (Å²) < 4.78 is 21.2. The first-order valence-electron chi connectivity index (χ1n) is 15.5. The molecule has 0 aliphatic carbocycles. The summed E-state index contributed by atoms with van der Waals surface area (Å²) in [6.45, 7) is 2.10. The van der Waals surface area contributed by atoms with E-state index in [9.17, 15) is 9.18 Å². The number of thioether (sulfide) groups is 1. The van der Waals surface area contributed by atoms with Crippen molar-refractivity contribution in [2.75, 3.05) is 13.1 Å². The van der Waals surface area contributed by atoms with Crippen molar-refractivity contribution < 1.29 is 13.9 Å². The molecule has 4 aromatic carbocycles. The van der Waals surface area contributed by atoms with Gasteiger partial charge in [-0.2, -0.15) is 10.1 Å². The Hall–Kier alpha value is -4.95. The Kier molecular flexibility index (Phi) is 8.78. The van der Waals surface area contributed by atoms with Gasteiger partial charge in [0.2, 0.25) is 0 Å². The van der Waals surface area contributed by atoms with Crippen molar-refractivity contribution in [3.8, 4) is 22.7 Å². The van der Waals surface area contributed by atoms with E-state index in [1.165, 1.54) is 29.5 Å². The van der Waals surface area contributed by atoms with Crippen LogP contribution >= 0.6 is 11.8 Å². The Morgan fingerprint density at radius 1 is 0.870 bits per heavy atom. The third kappa shape index (κ3) is 6.97. The molecule has 5 aromatic rings. The van der Waals surface area contributed by atoms with Crippen molar-refractivity contribution in [1.82, 2.24) is 14.7 Å². The second-order valence-corrected chi connectivity index (χ2v) is 12.6. The lowest BCUT2D eigenvalue weighted by Crippen LogP contribution is -2.37. The normalized spacial score (nSPS) is 16.2. The SMILES string of the molecule is O=C1N=C(N2CCC(Cc3ccccc3)CC2)S/C1=C\c1cn(-c2ccccc2)nc1-c1cccc(OCc2ccc(F)cc2)c1. The molecule has 6 nitrogen and oxygen atoms in total. The number of aliphatic imine (C=N–C) groups is 1. The standard InChI is InChI=1S/C38H33FN4O2S/c39-32-16-14-29(15-17-32)26-45-34-13-7-10-30(23-34)36-31(25-43(41-36)33-11-5-2-6-12-33)24-35-37(44)40-38(46-35)42-20-18-28(19-21-42)22-27-8-3-1-4-9-27/h1-17,23-25,28H,18-22,26H2/b35-24-. The largest absolute Gasteiger partial charge is 0.489 e. The van der Waals surface area contributed by atoms with Crippen LogP contribution in [0.15, 0.2) is 125 Å². The number of benzene rings is 4. The fourth-order valence-electron chi connectivity index (χ4n) is 5.86. The number of carbonyl (C=O) groups is 1. The number of amidine groups is 1. The van der Waals surface area contributed by atoms with Gasteiger partial charge in [0.05, 0.1) is 10.6 Å². The molecule has 0 unspecified atom stereocenters. The van der Waals surface area contributed by atoms with Crippen LogP contribution in [0.1, 0.15) is 29.5 Å². The molecule has 0 N–H and O–H groups in total. The van der Waals surface area contributed by atoms with Gasteiger partial charge in [0.15, 0.2) is 5.17 Å². The second kappa shape index (κ2) is 13.6. The Morgan fingerprint density at radius 2 is 1.61 bits per heavy atom. The zero-order valence-electron chi connectivity index (χ0n) is 25.3. The molecule has 3 heterocycles. The maximum absolute atomic E-state index is 13.3. The Labute approximate surface area is 272 Å². The highest BCUT2D eigenvalue weighted by Crippen LogP contribution is 2.35. The Morgan fingerprint density at radius 3 is 2.37 bits per heavy atom. The number of para-hydroxylation sites is 1. The van der Waals surface area contributed by atoms with E-state index in [0.717, 1.165) is 65.6 Å². The van der Waals surface area contributed by atoms with E-state index in [4.69, 9.17) is 9.84 Å². The van der Waals surface area contributed by atoms with E-state index in [1.54, 1.807) is 12.1 Å². The molecule has 1 aromatic heterocycles. The summed E-state index contributed by atoms with van der Waals surface area (Å²) >= 11 is 1.44. The van der Waals surface area contributed by atoms with Crippen LogP contribution in [0, 0.1) is 11.7 Å². The van der Waals surface area contributed by atoms with E-state index in [2.05, 4.69) is 40.2 Å². The minimum absolute atomic E-state index is 0.221. The summed E-state index contributed by atoms with van der Waals surface area (Å²) in [6, 6.07) is 34.6. The fraction of sp³-hybridized carbons (Fsp3) is 0.184. The van der Waals surface area contributed by atoms with Crippen LogP contribution in [-0.4, -0.2) is 38.8 Å². The van der Waals surface area contributed by atoms with Crippen molar-refractivity contribution in [1.29, 1.82) is 0 Å². The van der Waals surface area contributed by atoms with E-state index >= 15 is 0 Å². The number of ether oxygens (including phenoxy) is 1. The van der Waals surface area contributed by atoms with Crippen LogP contribution in [0.3, 0.4) is 0 Å². The van der Waals surface area contributed by atoms with Crippen molar-refractivity contribution in [2.24, 2.45) is 10.9 Å². The number of carbonyl (C=O) groups excluding carboxylic acids is 1. The number of amides is 1. The molecule has 0 bridgehead atoms. The predicted molar refractivity (Wildman–Crippen MR) is 182 cm³/mol. The summed E-state index contributed by atoms with van der Waals surface area (Å²) in [4.78, 5) is 20.5. The van der Waals surface area contributed by atoms with Gasteiger partial charge in [0.25, 0.3) is 5.91 Å². The van der Waals surface area contributed by atoms with Crippen molar-refractivity contribution in [3.63, 3.8) is 0 Å². The van der Waals surface area contributed by atoms with Gasteiger partial charge in [-0.25, -0.2) is 9.07 Å². The number of hydrogen-bond donors (Lipinski definition) is 0. The first kappa shape index (κ1) is 29.7. The number of nitrogens with zero attached hydrogens (tertiary/aromatic N) is 4. The van der Waals surface area contributed by atoms with Crippen molar-refractivity contribution >= 4 is 28.9 Å². The Bertz CT molecular complexity index is 1880. The molecule has 46 heavy (non-hydrogen) atoms. The summed E-state index contributed by atoms with van der Waals surface area (Å²) in [6.07, 6.45) is 7.10. The summed E-state index contributed by atoms with van der Waals surface area (Å²) in [5, 5.41) is 5.73. The molecule has 7 rings (SSSR count). The lowest BCUT2D eigenvalue weighted by Gasteiger charge is -2.32. The quantitative estimate of drug-likeness (QED) is 0.162. The Balaban J connectivity index is 1.10. The number of aromatic nitrogens is 2. The molecule has 0 spiro atoms. The zero-order valence-corrected chi connectivity index (χ0v) is 26.1. The van der Waals surface area contributed by atoms with Crippen LogP contribution in [0.5, 0.6) is 5.75 Å². The van der Waals surface area contributed by atoms with E-state index in [1.807, 2.05) is 71.6 Å². The molecule has 2 aliphatic heterocycles. The second-order valence-electron chi connectivity index (χ2n) is 11.6. The van der Waals surface area contributed by atoms with Crippen LogP contribution in [-0.2, 0) is 17.8 Å². The topological polar surface area (TPSA) is 59.7 Å². The monoisotopic (exact) mass is 628 g/mol. The van der Waals surface area contributed by atoms with E-state index < -0.39 is 0 Å². The smallest absolute Gasteiger partial charge is 0.286 e. The number of rotatable bonds is 8. The van der Waals surface area contributed by atoms with Crippen molar-refractivity contribution in [3.05, 3.63) is 143 Å². The van der Waals surface area contributed by atoms with Gasteiger partial charge >= 0.3 is 0 Å². The highest BCUT2D eigenvalue weighted by atomic mass is 32.2. The van der Waals surface area contributed by atoms with Crippen LogP contribution in [0.25, 0.3) is 23.0 Å². The van der Waals surface area contributed by atoms with Gasteiger partial charge in [-0.3, -0.25) is 4.79 Å². The highest BCUT2D eigenvalue weighted by Gasteiger charge is 2.29. The number of halogens is 1. The molecule has 0 atom stereocenters. The molecule has 1 amide bonds. The first-order valence-corrected chi connectivity index (χ1v) is 16.3. The van der Waals surface area contributed by atoms with Gasteiger partial charge in [0, 0.05) is 30.4 Å².